The van der Waals surface area contributed by atoms with Gasteiger partial charge in [-0.15, -0.1) is 0 Å². The van der Waals surface area contributed by atoms with Crippen LogP contribution in [0, 0.1) is 11.6 Å². The number of halogens is 2. The van der Waals surface area contributed by atoms with Gasteiger partial charge in [-0.2, -0.15) is 0 Å². The first-order valence-electron chi connectivity index (χ1n) is 6.50. The monoisotopic (exact) mass is 299 g/mol. The Kier molecular flexibility index (Phi) is 3.65. The molecule has 0 aliphatic rings. The van der Waals surface area contributed by atoms with Crippen molar-refractivity contribution in [2.24, 2.45) is 0 Å². The average molecular weight is 299 g/mol. The van der Waals surface area contributed by atoms with E-state index >= 15 is 0 Å². The maximum absolute atomic E-state index is 13.2. The predicted octanol–water partition coefficient (Wildman–Crippen LogP) is 3.46. The lowest BCUT2D eigenvalue weighted by Crippen LogP contribution is -2.10. The zero-order valence-electron chi connectivity index (χ0n) is 11.3. The van der Waals surface area contributed by atoms with Crippen molar-refractivity contribution in [3.05, 3.63) is 76.6 Å². The minimum atomic E-state index is -0.718. The Morgan fingerprint density at radius 3 is 2.32 bits per heavy atom. The van der Waals surface area contributed by atoms with Gasteiger partial charge in [0.15, 0.2) is 0 Å². The lowest BCUT2D eigenvalue weighted by molar-refractivity contribution is 0.584. The van der Waals surface area contributed by atoms with Gasteiger partial charge in [-0.1, -0.05) is 30.3 Å². The van der Waals surface area contributed by atoms with Crippen LogP contribution >= 0.6 is 0 Å². The van der Waals surface area contributed by atoms with Crippen LogP contribution in [0.25, 0.3) is 11.3 Å². The molecule has 0 bridgehead atoms. The second kappa shape index (κ2) is 5.77. The number of anilines is 2. The van der Waals surface area contributed by atoms with E-state index in [4.69, 9.17) is 0 Å². The number of aromatic amines is 1. The molecule has 1 heterocycles. The van der Waals surface area contributed by atoms with Crippen LogP contribution in [0.2, 0.25) is 0 Å². The summed E-state index contributed by atoms with van der Waals surface area (Å²) < 4.78 is 26.4. The summed E-state index contributed by atoms with van der Waals surface area (Å²) >= 11 is 0. The number of nitrogens with zero attached hydrogens (tertiary/aromatic N) is 1. The van der Waals surface area contributed by atoms with Gasteiger partial charge in [-0.05, 0) is 12.1 Å². The number of H-pyrrole nitrogens is 1. The van der Waals surface area contributed by atoms with Gasteiger partial charge in [0.1, 0.15) is 11.6 Å². The highest BCUT2D eigenvalue weighted by atomic mass is 19.1. The van der Waals surface area contributed by atoms with E-state index in [2.05, 4.69) is 15.3 Å². The van der Waals surface area contributed by atoms with Crippen molar-refractivity contribution in [1.82, 2.24) is 9.97 Å². The Morgan fingerprint density at radius 2 is 1.64 bits per heavy atom. The van der Waals surface area contributed by atoms with Crippen LogP contribution < -0.4 is 10.9 Å². The second-order valence-corrected chi connectivity index (χ2v) is 4.63. The topological polar surface area (TPSA) is 57.8 Å². The summed E-state index contributed by atoms with van der Waals surface area (Å²) in [5, 5.41) is 2.69. The highest BCUT2D eigenvalue weighted by Gasteiger charge is 2.06. The van der Waals surface area contributed by atoms with Crippen LogP contribution in [-0.2, 0) is 0 Å². The normalized spacial score (nSPS) is 10.5. The van der Waals surface area contributed by atoms with Gasteiger partial charge in [-0.3, -0.25) is 9.78 Å². The van der Waals surface area contributed by atoms with E-state index in [1.165, 1.54) is 6.07 Å². The minimum absolute atomic E-state index is 0.108. The van der Waals surface area contributed by atoms with Crippen LogP contribution in [-0.4, -0.2) is 9.97 Å². The van der Waals surface area contributed by atoms with Crippen molar-refractivity contribution < 1.29 is 8.78 Å². The summed E-state index contributed by atoms with van der Waals surface area (Å²) in [6.45, 7) is 0. The molecule has 3 rings (SSSR count). The van der Waals surface area contributed by atoms with E-state index in [1.54, 1.807) is 0 Å². The first kappa shape index (κ1) is 13.9. The van der Waals surface area contributed by atoms with Gasteiger partial charge in [0.2, 0.25) is 5.95 Å². The molecule has 0 spiro atoms. The molecule has 0 atom stereocenters. The molecule has 0 radical (unpaired) electrons. The summed E-state index contributed by atoms with van der Waals surface area (Å²) in [5.74, 6) is -1.33. The molecule has 3 aromatic rings. The molecule has 0 aliphatic carbocycles. The van der Waals surface area contributed by atoms with Gasteiger partial charge in [0.05, 0.1) is 5.69 Å². The van der Waals surface area contributed by atoms with Crippen molar-refractivity contribution in [3.63, 3.8) is 0 Å². The quantitative estimate of drug-likeness (QED) is 0.778. The van der Waals surface area contributed by atoms with Crippen LogP contribution in [0.1, 0.15) is 0 Å². The summed E-state index contributed by atoms with van der Waals surface area (Å²) in [4.78, 5) is 18.5. The molecule has 2 aromatic carbocycles. The third-order valence-electron chi connectivity index (χ3n) is 2.94. The standard InChI is InChI=1S/C16H11F2N3O/c17-11-6-12(18)8-13(7-11)19-16-20-14(9-15(22)21-16)10-4-2-1-3-5-10/h1-9H,(H2,19,20,21,22). The molecule has 6 heteroatoms. The molecule has 0 fully saturated rings. The number of aromatic nitrogens is 2. The van der Waals surface area contributed by atoms with Gasteiger partial charge in [-0.25, -0.2) is 13.8 Å². The van der Waals surface area contributed by atoms with Crippen LogP contribution in [0.5, 0.6) is 0 Å². The van der Waals surface area contributed by atoms with Crippen molar-refractivity contribution in [2.45, 2.75) is 0 Å². The molecule has 0 amide bonds. The number of hydrogen-bond donors (Lipinski definition) is 2. The Balaban J connectivity index is 1.98. The van der Waals surface area contributed by atoms with E-state index in [0.29, 0.717) is 5.69 Å². The SMILES string of the molecule is O=c1cc(-c2ccccc2)nc(Nc2cc(F)cc(F)c2)[nH]1. The Morgan fingerprint density at radius 1 is 0.955 bits per heavy atom. The maximum Gasteiger partial charge on any atom is 0.252 e. The first-order valence-corrected chi connectivity index (χ1v) is 6.50. The fourth-order valence-corrected chi connectivity index (χ4v) is 2.04. The van der Waals surface area contributed by atoms with E-state index < -0.39 is 11.6 Å². The summed E-state index contributed by atoms with van der Waals surface area (Å²) in [7, 11) is 0. The number of nitrogens with one attached hydrogen (secondary N) is 2. The number of hydrogen-bond acceptors (Lipinski definition) is 3. The lowest BCUT2D eigenvalue weighted by atomic mass is 10.1. The van der Waals surface area contributed by atoms with Crippen LogP contribution in [0.3, 0.4) is 0 Å². The van der Waals surface area contributed by atoms with Crippen molar-refractivity contribution in [1.29, 1.82) is 0 Å². The fraction of sp³-hybridized carbons (Fsp3) is 0. The number of benzene rings is 2. The maximum atomic E-state index is 13.2. The molecular weight excluding hydrogens is 288 g/mol. The Bertz CT molecular complexity index is 843. The van der Waals surface area contributed by atoms with E-state index in [1.807, 2.05) is 30.3 Å². The molecule has 4 nitrogen and oxygen atoms in total. The van der Waals surface area contributed by atoms with Crippen LogP contribution in [0.4, 0.5) is 20.4 Å². The summed E-state index contributed by atoms with van der Waals surface area (Å²) in [5.41, 5.74) is 1.02. The van der Waals surface area contributed by atoms with Gasteiger partial charge in [0.25, 0.3) is 5.56 Å². The van der Waals surface area contributed by atoms with E-state index in [9.17, 15) is 13.6 Å². The molecule has 1 aromatic heterocycles. The third-order valence-corrected chi connectivity index (χ3v) is 2.94. The lowest BCUT2D eigenvalue weighted by Gasteiger charge is -2.07. The zero-order valence-corrected chi connectivity index (χ0v) is 11.3. The Hall–Kier alpha value is -3.02. The smallest absolute Gasteiger partial charge is 0.252 e. The highest BCUT2D eigenvalue weighted by Crippen LogP contribution is 2.19. The number of rotatable bonds is 3. The largest absolute Gasteiger partial charge is 0.325 e. The van der Waals surface area contributed by atoms with Gasteiger partial charge < -0.3 is 5.32 Å². The van der Waals surface area contributed by atoms with E-state index in [0.717, 1.165) is 23.8 Å². The molecular formula is C16H11F2N3O. The van der Waals surface area contributed by atoms with Gasteiger partial charge >= 0.3 is 0 Å². The van der Waals surface area contributed by atoms with Crippen LogP contribution in [0.15, 0.2) is 59.4 Å². The first-order chi connectivity index (χ1) is 10.6. The van der Waals surface area contributed by atoms with Crippen molar-refractivity contribution >= 4 is 11.6 Å². The Labute approximate surface area is 124 Å². The molecule has 110 valence electrons. The predicted molar refractivity (Wildman–Crippen MR) is 79.9 cm³/mol. The molecule has 0 unspecified atom stereocenters. The molecule has 0 aliphatic heterocycles. The van der Waals surface area contributed by atoms with Gasteiger partial charge in [0, 0.05) is 23.4 Å². The molecule has 22 heavy (non-hydrogen) atoms. The fourth-order valence-electron chi connectivity index (χ4n) is 2.04. The highest BCUT2D eigenvalue weighted by molar-refractivity contribution is 5.61. The third kappa shape index (κ3) is 3.17. The van der Waals surface area contributed by atoms with E-state index in [-0.39, 0.29) is 17.2 Å². The molecule has 2 N–H and O–H groups in total. The second-order valence-electron chi connectivity index (χ2n) is 4.63. The van der Waals surface area contributed by atoms with Crippen molar-refractivity contribution in [2.75, 3.05) is 5.32 Å². The average Bonchev–Trinajstić information content (AvgIpc) is 2.46. The summed E-state index contributed by atoms with van der Waals surface area (Å²) in [6, 6.07) is 13.5. The zero-order chi connectivity index (χ0) is 15.5. The minimum Gasteiger partial charge on any atom is -0.325 e. The molecule has 0 saturated carbocycles. The summed E-state index contributed by atoms with van der Waals surface area (Å²) in [6.07, 6.45) is 0. The molecule has 0 saturated heterocycles. The van der Waals surface area contributed by atoms with Crippen molar-refractivity contribution in [3.8, 4) is 11.3 Å².